The molecule has 0 radical (unpaired) electrons. The average molecular weight is 313 g/mol. The van der Waals surface area contributed by atoms with E-state index in [1.165, 1.54) is 0 Å². The molecule has 0 rings (SSSR count). The van der Waals surface area contributed by atoms with E-state index in [0.29, 0.717) is 20.3 Å². The average Bonchev–Trinajstić information content (AvgIpc) is 2.33. The molecule has 0 unspecified atom stereocenters. The molecule has 0 aliphatic heterocycles. The van der Waals surface area contributed by atoms with Crippen LogP contribution in [0.25, 0.3) is 0 Å². The first-order valence-corrected chi connectivity index (χ1v) is 5.57. The normalized spacial score (nSPS) is 14.7. The van der Waals surface area contributed by atoms with Crippen LogP contribution in [0.5, 0.6) is 0 Å². The molecule has 0 N–H and O–H groups in total. The highest BCUT2D eigenvalue weighted by Crippen LogP contribution is 2.52. The first kappa shape index (κ1) is 17.8. The second-order valence-electron chi connectivity index (χ2n) is 2.73. The fourth-order valence-electron chi connectivity index (χ4n) is 0.637. The lowest BCUT2D eigenvalue weighted by Gasteiger charge is -2.19. The molecule has 0 saturated heterocycles. The van der Waals surface area contributed by atoms with Crippen molar-refractivity contribution in [1.82, 2.24) is 0 Å². The molecule has 0 atom stereocenters. The molecular formula is C7H6F6NO4P. The van der Waals surface area contributed by atoms with Crippen LogP contribution in [0.1, 0.15) is 0 Å². The zero-order valence-electron chi connectivity index (χ0n) is 9.30. The van der Waals surface area contributed by atoms with Gasteiger partial charge in [0.05, 0.1) is 0 Å². The third-order valence-corrected chi connectivity index (χ3v) is 2.88. The number of nitrogens with zero attached hydrogens (tertiary/aromatic N) is 1. The van der Waals surface area contributed by atoms with Crippen molar-refractivity contribution in [3.8, 4) is 6.07 Å². The molecule has 12 heteroatoms. The van der Waals surface area contributed by atoms with Crippen molar-refractivity contribution in [2.24, 2.45) is 0 Å². The number of hydrogen-bond donors (Lipinski definition) is 0. The number of allylic oxidation sites excluding steroid dienone is 2. The van der Waals surface area contributed by atoms with Crippen molar-refractivity contribution in [3.05, 3.63) is 11.6 Å². The molecule has 0 aromatic rings. The number of phosphoric acid groups is 1. The summed E-state index contributed by atoms with van der Waals surface area (Å²) in [6.45, 7) is 0. The van der Waals surface area contributed by atoms with E-state index in [1.54, 1.807) is 0 Å². The Kier molecular flexibility index (Phi) is 5.43. The Labute approximate surface area is 103 Å². The van der Waals surface area contributed by atoms with E-state index in [-0.39, 0.29) is 0 Å². The van der Waals surface area contributed by atoms with E-state index in [4.69, 9.17) is 5.26 Å². The van der Waals surface area contributed by atoms with Gasteiger partial charge in [-0.25, -0.2) is 4.57 Å². The molecule has 19 heavy (non-hydrogen) atoms. The molecule has 110 valence electrons. The van der Waals surface area contributed by atoms with E-state index < -0.39 is 31.5 Å². The number of rotatable bonds is 5. The Hall–Kier alpha value is -1.24. The molecule has 0 spiro atoms. The van der Waals surface area contributed by atoms with Crippen molar-refractivity contribution in [3.63, 3.8) is 0 Å². The van der Waals surface area contributed by atoms with Crippen LogP contribution in [-0.4, -0.2) is 26.3 Å². The summed E-state index contributed by atoms with van der Waals surface area (Å²) in [7, 11) is -3.29. The van der Waals surface area contributed by atoms with Crippen molar-refractivity contribution >= 4 is 7.82 Å². The molecule has 0 saturated carbocycles. The maximum atomic E-state index is 13.0. The SMILES string of the molecule is COP(=O)(OC)O/C(C#N)=C(\F)C(F)(F)C(F)(F)F. The third kappa shape index (κ3) is 3.86. The zero-order valence-corrected chi connectivity index (χ0v) is 10.2. The van der Waals surface area contributed by atoms with Gasteiger partial charge in [-0.2, -0.15) is 31.6 Å². The van der Waals surface area contributed by atoms with E-state index in [1.807, 2.05) is 0 Å². The minimum absolute atomic E-state index is 0.575. The lowest BCUT2D eigenvalue weighted by atomic mass is 10.2. The summed E-state index contributed by atoms with van der Waals surface area (Å²) in [5, 5.41) is 8.27. The summed E-state index contributed by atoms with van der Waals surface area (Å²) >= 11 is 0. The topological polar surface area (TPSA) is 68.6 Å². The molecule has 0 amide bonds. The van der Waals surface area contributed by atoms with Crippen molar-refractivity contribution in [2.75, 3.05) is 14.2 Å². The maximum absolute atomic E-state index is 13.0. The molecule has 0 fully saturated rings. The Balaban J connectivity index is 5.65. The maximum Gasteiger partial charge on any atom is 0.530 e. The highest BCUT2D eigenvalue weighted by Gasteiger charge is 2.63. The predicted molar refractivity (Wildman–Crippen MR) is 47.5 cm³/mol. The molecule has 0 bridgehead atoms. The lowest BCUT2D eigenvalue weighted by Crippen LogP contribution is -2.37. The monoisotopic (exact) mass is 313 g/mol. The van der Waals surface area contributed by atoms with E-state index >= 15 is 0 Å². The number of halogens is 6. The molecule has 0 aromatic heterocycles. The smallest absolute Gasteiger partial charge is 0.390 e. The number of phosphoric ester groups is 1. The summed E-state index contributed by atoms with van der Waals surface area (Å²) in [6, 6.07) is 0.575. The van der Waals surface area contributed by atoms with Crippen LogP contribution in [0.15, 0.2) is 11.6 Å². The first-order valence-electron chi connectivity index (χ1n) is 4.11. The van der Waals surface area contributed by atoms with Crippen LogP contribution in [0.3, 0.4) is 0 Å². The quantitative estimate of drug-likeness (QED) is 0.337. The van der Waals surface area contributed by atoms with Gasteiger partial charge in [0.2, 0.25) is 11.6 Å². The fraction of sp³-hybridized carbons (Fsp3) is 0.571. The van der Waals surface area contributed by atoms with Crippen LogP contribution in [0.4, 0.5) is 26.3 Å². The van der Waals surface area contributed by atoms with Gasteiger partial charge in [-0.15, -0.1) is 0 Å². The van der Waals surface area contributed by atoms with Crippen LogP contribution in [-0.2, 0) is 18.1 Å². The first-order chi connectivity index (χ1) is 8.45. The van der Waals surface area contributed by atoms with Gasteiger partial charge in [-0.1, -0.05) is 0 Å². The van der Waals surface area contributed by atoms with Gasteiger partial charge in [0, 0.05) is 14.2 Å². The summed E-state index contributed by atoms with van der Waals surface area (Å²) in [4.78, 5) is 0. The van der Waals surface area contributed by atoms with Crippen LogP contribution in [0, 0.1) is 11.3 Å². The number of alkyl halides is 5. The van der Waals surface area contributed by atoms with Gasteiger partial charge < -0.3 is 4.52 Å². The van der Waals surface area contributed by atoms with Gasteiger partial charge in [0.15, 0.2) is 0 Å². The summed E-state index contributed by atoms with van der Waals surface area (Å²) in [5.74, 6) is -11.4. The summed E-state index contributed by atoms with van der Waals surface area (Å²) in [5.41, 5.74) is 0. The largest absolute Gasteiger partial charge is 0.530 e. The van der Waals surface area contributed by atoms with E-state index in [9.17, 15) is 30.9 Å². The Morgan fingerprint density at radius 3 is 1.84 bits per heavy atom. The van der Waals surface area contributed by atoms with Crippen LogP contribution in [0.2, 0.25) is 0 Å². The van der Waals surface area contributed by atoms with Gasteiger partial charge in [-0.05, 0) is 0 Å². The second kappa shape index (κ2) is 5.81. The van der Waals surface area contributed by atoms with Crippen molar-refractivity contribution in [2.45, 2.75) is 12.1 Å². The minimum Gasteiger partial charge on any atom is -0.390 e. The molecule has 0 aliphatic rings. The highest BCUT2D eigenvalue weighted by atomic mass is 31.2. The molecule has 5 nitrogen and oxygen atoms in total. The summed E-state index contributed by atoms with van der Waals surface area (Å²) < 4.78 is 96.8. The van der Waals surface area contributed by atoms with Gasteiger partial charge in [0.25, 0.3) is 0 Å². The van der Waals surface area contributed by atoms with E-state index in [0.717, 1.165) is 0 Å². The van der Waals surface area contributed by atoms with Crippen LogP contribution >= 0.6 is 7.82 Å². The molecule has 0 heterocycles. The number of hydrogen-bond acceptors (Lipinski definition) is 5. The molecular weight excluding hydrogens is 307 g/mol. The fourth-order valence-corrected chi connectivity index (χ4v) is 1.28. The van der Waals surface area contributed by atoms with Gasteiger partial charge >= 0.3 is 19.9 Å². The Bertz CT molecular complexity index is 445. The van der Waals surface area contributed by atoms with Gasteiger partial charge in [-0.3, -0.25) is 9.05 Å². The second-order valence-corrected chi connectivity index (χ2v) is 4.54. The summed E-state index contributed by atoms with van der Waals surface area (Å²) in [6.07, 6.45) is -6.30. The minimum atomic E-state index is -6.30. The zero-order chi connectivity index (χ0) is 15.5. The van der Waals surface area contributed by atoms with E-state index in [2.05, 4.69) is 13.6 Å². The van der Waals surface area contributed by atoms with Crippen molar-refractivity contribution in [1.29, 1.82) is 5.26 Å². The molecule has 0 aromatic carbocycles. The third-order valence-electron chi connectivity index (χ3n) is 1.58. The standard InChI is InChI=1S/C7H6F6NO4P/c1-16-19(15,17-2)18-4(3-14)5(8)6(9,10)7(11,12)13/h1-2H3/b5-4-. The van der Waals surface area contributed by atoms with Gasteiger partial charge in [0.1, 0.15) is 6.07 Å². The lowest BCUT2D eigenvalue weighted by molar-refractivity contribution is -0.271. The number of nitriles is 1. The Morgan fingerprint density at radius 2 is 1.58 bits per heavy atom. The highest BCUT2D eigenvalue weighted by molar-refractivity contribution is 7.48. The van der Waals surface area contributed by atoms with Crippen molar-refractivity contribution < 1.29 is 44.5 Å². The predicted octanol–water partition coefficient (Wildman–Crippen LogP) is 3.31. The Morgan fingerprint density at radius 1 is 1.16 bits per heavy atom. The molecule has 0 aliphatic carbocycles. The van der Waals surface area contributed by atoms with Crippen LogP contribution < -0.4 is 0 Å².